The van der Waals surface area contributed by atoms with Gasteiger partial charge in [0.1, 0.15) is 11.2 Å². The molecule has 1 aliphatic rings. The fourth-order valence-electron chi connectivity index (χ4n) is 1.91. The van der Waals surface area contributed by atoms with Gasteiger partial charge in [-0.1, -0.05) is 0 Å². The summed E-state index contributed by atoms with van der Waals surface area (Å²) in [4.78, 5) is 12.1. The average molecular weight is 250 g/mol. The van der Waals surface area contributed by atoms with Gasteiger partial charge in [0.25, 0.3) is 0 Å². The molecule has 1 aromatic rings. The quantitative estimate of drug-likeness (QED) is 0.833. The van der Waals surface area contributed by atoms with E-state index in [9.17, 15) is 4.79 Å². The zero-order valence-corrected chi connectivity index (χ0v) is 10.7. The van der Waals surface area contributed by atoms with Crippen molar-refractivity contribution in [3.63, 3.8) is 0 Å². The standard InChI is InChI=1S/C13H18N2O3/c1-9-5-10(3-4-11(9)17-2)15-12(16)13(6-14)7-18-8-13/h3-5H,6-8,14H2,1-2H3,(H,15,16). The zero-order chi connectivity index (χ0) is 13.2. The van der Waals surface area contributed by atoms with Gasteiger partial charge in [-0.25, -0.2) is 0 Å². The van der Waals surface area contributed by atoms with Crippen molar-refractivity contribution in [2.24, 2.45) is 11.1 Å². The van der Waals surface area contributed by atoms with Gasteiger partial charge in [0.2, 0.25) is 5.91 Å². The lowest BCUT2D eigenvalue weighted by atomic mass is 9.85. The van der Waals surface area contributed by atoms with Gasteiger partial charge in [-0.2, -0.15) is 0 Å². The molecule has 0 spiro atoms. The number of methoxy groups -OCH3 is 1. The van der Waals surface area contributed by atoms with Gasteiger partial charge >= 0.3 is 0 Å². The molecule has 0 bridgehead atoms. The monoisotopic (exact) mass is 250 g/mol. The first-order valence-electron chi connectivity index (χ1n) is 5.85. The molecule has 0 aromatic heterocycles. The Morgan fingerprint density at radius 2 is 2.28 bits per heavy atom. The van der Waals surface area contributed by atoms with E-state index in [4.69, 9.17) is 15.2 Å². The number of rotatable bonds is 4. The third kappa shape index (κ3) is 2.19. The summed E-state index contributed by atoms with van der Waals surface area (Å²) in [5, 5.41) is 2.87. The van der Waals surface area contributed by atoms with Gasteiger partial charge in [0.15, 0.2) is 0 Å². The Labute approximate surface area is 106 Å². The van der Waals surface area contributed by atoms with Crippen molar-refractivity contribution in [1.29, 1.82) is 0 Å². The van der Waals surface area contributed by atoms with E-state index in [0.29, 0.717) is 19.8 Å². The molecule has 1 saturated heterocycles. The summed E-state index contributed by atoms with van der Waals surface area (Å²) in [5.41, 5.74) is 6.80. The number of carbonyl (C=O) groups is 1. The van der Waals surface area contributed by atoms with Gasteiger partial charge in [0, 0.05) is 12.2 Å². The summed E-state index contributed by atoms with van der Waals surface area (Å²) in [7, 11) is 1.62. The second-order valence-electron chi connectivity index (χ2n) is 4.62. The summed E-state index contributed by atoms with van der Waals surface area (Å²) in [6.45, 7) is 3.02. The van der Waals surface area contributed by atoms with Crippen LogP contribution >= 0.6 is 0 Å². The molecule has 3 N–H and O–H groups in total. The van der Waals surface area contributed by atoms with E-state index < -0.39 is 5.41 Å². The predicted molar refractivity (Wildman–Crippen MR) is 68.7 cm³/mol. The molecule has 0 unspecified atom stereocenters. The minimum absolute atomic E-state index is 0.0826. The maximum atomic E-state index is 12.1. The average Bonchev–Trinajstić information content (AvgIpc) is 2.28. The van der Waals surface area contributed by atoms with E-state index in [1.165, 1.54) is 0 Å². The summed E-state index contributed by atoms with van der Waals surface area (Å²) in [5.74, 6) is 0.717. The van der Waals surface area contributed by atoms with Crippen LogP contribution in [0.15, 0.2) is 18.2 Å². The molecule has 2 rings (SSSR count). The number of nitrogens with two attached hydrogens (primary N) is 1. The van der Waals surface area contributed by atoms with E-state index in [1.54, 1.807) is 7.11 Å². The summed E-state index contributed by atoms with van der Waals surface area (Å²) < 4.78 is 10.3. The predicted octanol–water partition coefficient (Wildman–Crippen LogP) is 0.917. The fraction of sp³-hybridized carbons (Fsp3) is 0.462. The SMILES string of the molecule is COc1ccc(NC(=O)C2(CN)COC2)cc1C. The highest BCUT2D eigenvalue weighted by Gasteiger charge is 2.44. The van der Waals surface area contributed by atoms with Crippen LogP contribution in [-0.4, -0.2) is 32.8 Å². The number of aryl methyl sites for hydroxylation is 1. The van der Waals surface area contributed by atoms with E-state index in [2.05, 4.69) is 5.32 Å². The Kier molecular flexibility index (Phi) is 3.54. The first kappa shape index (κ1) is 12.9. The number of benzene rings is 1. The molecule has 98 valence electrons. The summed E-state index contributed by atoms with van der Waals surface area (Å²) >= 11 is 0. The highest BCUT2D eigenvalue weighted by atomic mass is 16.5. The lowest BCUT2D eigenvalue weighted by molar-refractivity contribution is -0.153. The number of anilines is 1. The van der Waals surface area contributed by atoms with Crippen LogP contribution in [0.5, 0.6) is 5.75 Å². The van der Waals surface area contributed by atoms with Crippen molar-refractivity contribution in [3.8, 4) is 5.75 Å². The molecule has 0 atom stereocenters. The maximum absolute atomic E-state index is 12.1. The van der Waals surface area contributed by atoms with Crippen LogP contribution in [-0.2, 0) is 9.53 Å². The number of hydrogen-bond acceptors (Lipinski definition) is 4. The number of amides is 1. The Bertz CT molecular complexity index is 450. The van der Waals surface area contributed by atoms with Crippen molar-refractivity contribution in [1.82, 2.24) is 0 Å². The highest BCUT2D eigenvalue weighted by Crippen LogP contribution is 2.29. The molecular weight excluding hydrogens is 232 g/mol. The third-order valence-electron chi connectivity index (χ3n) is 3.28. The first-order valence-corrected chi connectivity index (χ1v) is 5.85. The summed E-state index contributed by atoms with van der Waals surface area (Å²) in [6.07, 6.45) is 0. The maximum Gasteiger partial charge on any atom is 0.236 e. The first-order chi connectivity index (χ1) is 8.61. The molecule has 1 amide bonds. The van der Waals surface area contributed by atoms with Crippen LogP contribution < -0.4 is 15.8 Å². The van der Waals surface area contributed by atoms with Crippen LogP contribution in [0.1, 0.15) is 5.56 Å². The molecular formula is C13H18N2O3. The minimum atomic E-state index is -0.562. The smallest absolute Gasteiger partial charge is 0.236 e. The van der Waals surface area contributed by atoms with Gasteiger partial charge in [-0.15, -0.1) is 0 Å². The molecule has 18 heavy (non-hydrogen) atoms. The molecule has 0 radical (unpaired) electrons. The van der Waals surface area contributed by atoms with Gasteiger partial charge in [-0.05, 0) is 30.7 Å². The molecule has 5 heteroatoms. The molecule has 5 nitrogen and oxygen atoms in total. The topological polar surface area (TPSA) is 73.6 Å². The van der Waals surface area contributed by atoms with Crippen molar-refractivity contribution in [2.45, 2.75) is 6.92 Å². The van der Waals surface area contributed by atoms with Crippen molar-refractivity contribution < 1.29 is 14.3 Å². The second-order valence-corrected chi connectivity index (χ2v) is 4.62. The van der Waals surface area contributed by atoms with Crippen LogP contribution in [0.2, 0.25) is 0 Å². The van der Waals surface area contributed by atoms with E-state index in [0.717, 1.165) is 17.0 Å². The minimum Gasteiger partial charge on any atom is -0.496 e. The second kappa shape index (κ2) is 4.96. The molecule has 0 aliphatic carbocycles. The summed E-state index contributed by atoms with van der Waals surface area (Å²) in [6, 6.07) is 5.52. The largest absolute Gasteiger partial charge is 0.496 e. The van der Waals surface area contributed by atoms with Crippen LogP contribution in [0.3, 0.4) is 0 Å². The molecule has 0 saturated carbocycles. The lowest BCUT2D eigenvalue weighted by Crippen LogP contribution is -2.56. The third-order valence-corrected chi connectivity index (χ3v) is 3.28. The number of hydrogen-bond donors (Lipinski definition) is 2. The van der Waals surface area contributed by atoms with Crippen LogP contribution in [0.4, 0.5) is 5.69 Å². The van der Waals surface area contributed by atoms with Crippen LogP contribution in [0, 0.1) is 12.3 Å². The Morgan fingerprint density at radius 3 is 2.72 bits per heavy atom. The van der Waals surface area contributed by atoms with Crippen molar-refractivity contribution in [3.05, 3.63) is 23.8 Å². The molecule has 1 fully saturated rings. The Balaban J connectivity index is 2.10. The fourth-order valence-corrected chi connectivity index (χ4v) is 1.91. The number of carbonyl (C=O) groups excluding carboxylic acids is 1. The van der Waals surface area contributed by atoms with E-state index in [1.807, 2.05) is 25.1 Å². The lowest BCUT2D eigenvalue weighted by Gasteiger charge is -2.38. The van der Waals surface area contributed by atoms with Gasteiger partial charge in [-0.3, -0.25) is 4.79 Å². The molecule has 1 aliphatic heterocycles. The highest BCUT2D eigenvalue weighted by molar-refractivity contribution is 5.96. The zero-order valence-electron chi connectivity index (χ0n) is 10.7. The van der Waals surface area contributed by atoms with Crippen molar-refractivity contribution in [2.75, 3.05) is 32.2 Å². The van der Waals surface area contributed by atoms with Crippen LogP contribution in [0.25, 0.3) is 0 Å². The van der Waals surface area contributed by atoms with Crippen molar-refractivity contribution >= 4 is 11.6 Å². The number of nitrogens with one attached hydrogen (secondary N) is 1. The van der Waals surface area contributed by atoms with E-state index in [-0.39, 0.29) is 5.91 Å². The van der Waals surface area contributed by atoms with E-state index >= 15 is 0 Å². The Morgan fingerprint density at radius 1 is 1.56 bits per heavy atom. The van der Waals surface area contributed by atoms with Gasteiger partial charge in [0.05, 0.1) is 20.3 Å². The van der Waals surface area contributed by atoms with Gasteiger partial charge < -0.3 is 20.5 Å². The Hall–Kier alpha value is -1.59. The number of ether oxygens (including phenoxy) is 2. The normalized spacial score (nSPS) is 16.8. The molecule has 1 heterocycles. The molecule has 1 aromatic carbocycles.